The Morgan fingerprint density at radius 1 is 1.23 bits per heavy atom. The summed E-state index contributed by atoms with van der Waals surface area (Å²) in [4.78, 5) is 19.5. The van der Waals surface area contributed by atoms with E-state index in [0.29, 0.717) is 17.6 Å². The molecule has 3 heterocycles. The van der Waals surface area contributed by atoms with Crippen LogP contribution in [0.25, 0.3) is 11.0 Å². The first kappa shape index (κ1) is 14.8. The van der Waals surface area contributed by atoms with Crippen molar-refractivity contribution in [2.45, 2.75) is 39.2 Å². The van der Waals surface area contributed by atoms with Crippen LogP contribution in [0.15, 0.2) is 23.1 Å². The van der Waals surface area contributed by atoms with Gasteiger partial charge >= 0.3 is 0 Å². The molecule has 0 unspecified atom stereocenters. The Morgan fingerprint density at radius 3 is 2.73 bits per heavy atom. The number of imidazole rings is 1. The monoisotopic (exact) mass is 301 g/mol. The molecule has 2 aromatic rings. The number of aryl methyl sites for hydroxylation is 1. The largest absolute Gasteiger partial charge is 0.342 e. The van der Waals surface area contributed by atoms with E-state index >= 15 is 0 Å². The molecule has 1 saturated heterocycles. The zero-order chi connectivity index (χ0) is 15.5. The Bertz CT molecular complexity index is 737. The average molecular weight is 301 g/mol. The fourth-order valence-electron chi connectivity index (χ4n) is 2.98. The molecule has 0 amide bonds. The Kier molecular flexibility index (Phi) is 4.27. The first-order valence-electron chi connectivity index (χ1n) is 8.05. The van der Waals surface area contributed by atoms with Crippen molar-refractivity contribution in [3.63, 3.8) is 0 Å². The Balaban J connectivity index is 2.13. The number of allylic oxidation sites excluding steroid dienone is 2. The molecule has 0 atom stereocenters. The summed E-state index contributed by atoms with van der Waals surface area (Å²) in [7, 11) is 1.68. The minimum Gasteiger partial charge on any atom is -0.342 e. The summed E-state index contributed by atoms with van der Waals surface area (Å²) in [5.74, 6) is 0.903. The second-order valence-electron chi connectivity index (χ2n) is 5.76. The molecule has 2 aromatic heterocycles. The molecule has 22 heavy (non-hydrogen) atoms. The van der Waals surface area contributed by atoms with Gasteiger partial charge in [0.15, 0.2) is 0 Å². The van der Waals surface area contributed by atoms with Crippen molar-refractivity contribution in [1.29, 1.82) is 0 Å². The van der Waals surface area contributed by atoms with Crippen LogP contribution < -0.4 is 10.5 Å². The first-order valence-corrected chi connectivity index (χ1v) is 8.05. The number of piperidine rings is 1. The van der Waals surface area contributed by atoms with Crippen LogP contribution in [-0.2, 0) is 13.6 Å². The van der Waals surface area contributed by atoms with Crippen LogP contribution in [0, 0.1) is 0 Å². The van der Waals surface area contributed by atoms with E-state index in [9.17, 15) is 4.79 Å². The van der Waals surface area contributed by atoms with E-state index in [0.717, 1.165) is 25.5 Å². The summed E-state index contributed by atoms with van der Waals surface area (Å²) in [5.41, 5.74) is 1.26. The molecule has 1 aliphatic rings. The molecule has 6 heteroatoms. The smallest absolute Gasteiger partial charge is 0.292 e. The van der Waals surface area contributed by atoms with Gasteiger partial charge in [-0.25, -0.2) is 9.67 Å². The van der Waals surface area contributed by atoms with Crippen LogP contribution in [0.1, 0.15) is 32.6 Å². The standard InChI is InChI=1S/C16H23N5O/c1-3-4-6-11-21-14-13(12-17-19(2)15(14)22)18-16(21)20-9-7-5-8-10-20/h4,6,12H,3,5,7-11H2,1-2H3/b6-4+. The molecule has 6 nitrogen and oxygen atoms in total. The normalized spacial score (nSPS) is 16.0. The van der Waals surface area contributed by atoms with Crippen molar-refractivity contribution in [3.05, 3.63) is 28.7 Å². The number of hydrogen-bond acceptors (Lipinski definition) is 4. The predicted octanol–water partition coefficient (Wildman–Crippen LogP) is 2.09. The highest BCUT2D eigenvalue weighted by Gasteiger charge is 2.20. The second-order valence-corrected chi connectivity index (χ2v) is 5.76. The molecule has 0 saturated carbocycles. The molecule has 118 valence electrons. The number of anilines is 1. The van der Waals surface area contributed by atoms with E-state index < -0.39 is 0 Å². The zero-order valence-electron chi connectivity index (χ0n) is 13.3. The molecule has 0 radical (unpaired) electrons. The van der Waals surface area contributed by atoms with E-state index in [4.69, 9.17) is 4.98 Å². The SMILES string of the molecule is CC/C=C/Cn1c(N2CCCCC2)nc2cnn(C)c(=O)c21. The molecule has 1 fully saturated rings. The van der Waals surface area contributed by atoms with Crippen LogP contribution in [0.5, 0.6) is 0 Å². The van der Waals surface area contributed by atoms with Crippen LogP contribution in [0.2, 0.25) is 0 Å². The minimum atomic E-state index is -0.0850. The maximum Gasteiger partial charge on any atom is 0.292 e. The van der Waals surface area contributed by atoms with E-state index in [-0.39, 0.29) is 5.56 Å². The number of hydrogen-bond donors (Lipinski definition) is 0. The van der Waals surface area contributed by atoms with Crippen molar-refractivity contribution >= 4 is 17.0 Å². The van der Waals surface area contributed by atoms with Crippen molar-refractivity contribution in [1.82, 2.24) is 19.3 Å². The van der Waals surface area contributed by atoms with E-state index in [1.54, 1.807) is 13.2 Å². The fraction of sp³-hybridized carbons (Fsp3) is 0.562. The Hall–Kier alpha value is -2.11. The van der Waals surface area contributed by atoms with Crippen LogP contribution in [0.3, 0.4) is 0 Å². The first-order chi connectivity index (χ1) is 10.7. The molecule has 0 spiro atoms. The number of nitrogens with zero attached hydrogens (tertiary/aromatic N) is 5. The van der Waals surface area contributed by atoms with E-state index in [1.165, 1.54) is 23.9 Å². The van der Waals surface area contributed by atoms with Gasteiger partial charge in [-0.1, -0.05) is 19.1 Å². The third-order valence-electron chi connectivity index (χ3n) is 4.15. The lowest BCUT2D eigenvalue weighted by Gasteiger charge is -2.28. The highest BCUT2D eigenvalue weighted by molar-refractivity contribution is 5.77. The maximum absolute atomic E-state index is 12.5. The molecule has 0 aliphatic carbocycles. The lowest BCUT2D eigenvalue weighted by atomic mass is 10.1. The number of fused-ring (bicyclic) bond motifs is 1. The summed E-state index contributed by atoms with van der Waals surface area (Å²) in [5, 5.41) is 4.09. The van der Waals surface area contributed by atoms with Crippen LogP contribution >= 0.6 is 0 Å². The second kappa shape index (κ2) is 6.34. The van der Waals surface area contributed by atoms with Gasteiger partial charge in [-0.15, -0.1) is 0 Å². The topological polar surface area (TPSA) is 56.0 Å². The number of aromatic nitrogens is 4. The van der Waals surface area contributed by atoms with Crippen molar-refractivity contribution in [3.8, 4) is 0 Å². The van der Waals surface area contributed by atoms with Gasteiger partial charge in [0, 0.05) is 26.7 Å². The summed E-state index contributed by atoms with van der Waals surface area (Å²) in [6, 6.07) is 0. The molecule has 0 N–H and O–H groups in total. The fourth-order valence-corrected chi connectivity index (χ4v) is 2.98. The lowest BCUT2D eigenvalue weighted by molar-refractivity contribution is 0.560. The zero-order valence-corrected chi connectivity index (χ0v) is 13.3. The van der Waals surface area contributed by atoms with Gasteiger partial charge in [-0.2, -0.15) is 5.10 Å². The average Bonchev–Trinajstić information content (AvgIpc) is 2.92. The summed E-state index contributed by atoms with van der Waals surface area (Å²) >= 11 is 0. The quantitative estimate of drug-likeness (QED) is 0.811. The number of rotatable bonds is 4. The van der Waals surface area contributed by atoms with Crippen LogP contribution in [0.4, 0.5) is 5.95 Å². The van der Waals surface area contributed by atoms with Crippen molar-refractivity contribution < 1.29 is 0 Å². The van der Waals surface area contributed by atoms with Gasteiger partial charge in [0.2, 0.25) is 5.95 Å². The van der Waals surface area contributed by atoms with Gasteiger partial charge in [-0.3, -0.25) is 4.79 Å². The molecular weight excluding hydrogens is 278 g/mol. The van der Waals surface area contributed by atoms with Gasteiger partial charge in [-0.05, 0) is 25.7 Å². The molecule has 0 aromatic carbocycles. The third-order valence-corrected chi connectivity index (χ3v) is 4.15. The van der Waals surface area contributed by atoms with Crippen molar-refractivity contribution in [2.75, 3.05) is 18.0 Å². The highest BCUT2D eigenvalue weighted by atomic mass is 16.1. The molecule has 0 bridgehead atoms. The molecular formula is C16H23N5O. The summed E-state index contributed by atoms with van der Waals surface area (Å²) < 4.78 is 3.42. The molecule has 3 rings (SSSR count). The Morgan fingerprint density at radius 2 is 2.00 bits per heavy atom. The van der Waals surface area contributed by atoms with Gasteiger partial charge in [0.05, 0.1) is 6.20 Å². The highest BCUT2D eigenvalue weighted by Crippen LogP contribution is 2.23. The summed E-state index contributed by atoms with van der Waals surface area (Å²) in [6.07, 6.45) is 10.5. The Labute approximate surface area is 130 Å². The maximum atomic E-state index is 12.5. The van der Waals surface area contributed by atoms with E-state index in [2.05, 4.69) is 29.1 Å². The lowest BCUT2D eigenvalue weighted by Crippen LogP contribution is -2.32. The molecule has 1 aliphatic heterocycles. The minimum absolute atomic E-state index is 0.0850. The van der Waals surface area contributed by atoms with Gasteiger partial charge in [0.25, 0.3) is 5.56 Å². The van der Waals surface area contributed by atoms with Gasteiger partial charge in [0.1, 0.15) is 11.0 Å². The van der Waals surface area contributed by atoms with Gasteiger partial charge < -0.3 is 9.47 Å². The predicted molar refractivity (Wildman–Crippen MR) is 88.3 cm³/mol. The van der Waals surface area contributed by atoms with E-state index in [1.807, 2.05) is 4.57 Å². The van der Waals surface area contributed by atoms with Crippen LogP contribution in [-0.4, -0.2) is 32.4 Å². The third kappa shape index (κ3) is 2.65. The van der Waals surface area contributed by atoms with Crippen molar-refractivity contribution in [2.24, 2.45) is 7.05 Å². The summed E-state index contributed by atoms with van der Waals surface area (Å²) in [6.45, 7) is 4.80.